The molecule has 5 heavy (non-hydrogen) atoms. The Labute approximate surface area is 145 Å². The Morgan fingerprint density at radius 2 is 1.00 bits per heavy atom. The van der Waals surface area contributed by atoms with E-state index in [2.05, 4.69) is 0 Å². The largest absolute Gasteiger partial charge is 1.00 e. The first-order valence-corrected chi connectivity index (χ1v) is 0. The Hall–Kier alpha value is 4.41. The van der Waals surface area contributed by atoms with Gasteiger partial charge in [-0.15, -0.1) is 0 Å². The molecule has 5 heteroatoms. The van der Waals surface area contributed by atoms with Crippen molar-refractivity contribution in [3.63, 3.8) is 0 Å². The molecule has 0 spiro atoms. The average molecular weight is 230 g/mol. The zero-order chi connectivity index (χ0) is 0. The molecule has 0 amide bonds. The Morgan fingerprint density at radius 3 is 1.00 bits per heavy atom. The summed E-state index contributed by atoms with van der Waals surface area (Å²) in [5.41, 5.74) is 0. The molecule has 0 aliphatic heterocycles. The number of rotatable bonds is 0. The van der Waals surface area contributed by atoms with Crippen LogP contribution in [0, 0.1) is 0 Å². The Balaban J connectivity index is 0. The van der Waals surface area contributed by atoms with E-state index in [0.29, 0.717) is 0 Å². The average Bonchev–Trinajstić information content (AvgIpc) is 0. The molecule has 0 aromatic rings. The van der Waals surface area contributed by atoms with E-state index in [1.807, 2.05) is 0 Å². The molecule has 0 aromatic heterocycles. The number of hydrogen-bond acceptors (Lipinski definition) is 0. The fourth-order valence-electron chi connectivity index (χ4n) is 0. The molecule has 0 saturated carbocycles. The summed E-state index contributed by atoms with van der Waals surface area (Å²) in [5, 5.41) is 0. The third-order valence-electron chi connectivity index (χ3n) is 0. The second-order valence-electron chi connectivity index (χ2n) is 0. The molecule has 18 valence electrons. The van der Waals surface area contributed by atoms with Crippen LogP contribution in [0.3, 0.4) is 0 Å². The minimum absolute atomic E-state index is 0. The van der Waals surface area contributed by atoms with Gasteiger partial charge in [-0.05, 0) is 0 Å². The predicted molar refractivity (Wildman–Crippen MR) is 12.4 cm³/mol. The molecule has 0 unspecified atom stereocenters. The Kier molecular flexibility index (Phi) is 163. The van der Waals surface area contributed by atoms with E-state index < -0.39 is 0 Å². The molecular weight excluding hydrogens is 225 g/mol. The third kappa shape index (κ3) is 17.8. The van der Waals surface area contributed by atoms with Crippen molar-refractivity contribution in [1.82, 2.24) is 0 Å². The fraction of sp³-hybridized carbons (Fsp3) is 0. The minimum atomic E-state index is 0. The SMILES string of the molecule is [BH4-].[Cl-].[Cs+].[H-].[Na+].[Na+]. The number of halogens is 1. The zero-order valence-electron chi connectivity index (χ0n) is 4.38. The molecule has 0 fully saturated rings. The first-order valence-electron chi connectivity index (χ1n) is 0. The van der Waals surface area contributed by atoms with Gasteiger partial charge in [0.15, 0.2) is 0 Å². The maximum atomic E-state index is 0. The molecule has 0 radical (unpaired) electrons. The van der Waals surface area contributed by atoms with E-state index in [1.165, 1.54) is 0 Å². The molecule has 0 aromatic carbocycles. The van der Waals surface area contributed by atoms with Crippen LogP contribution >= 0.6 is 0 Å². The van der Waals surface area contributed by atoms with Gasteiger partial charge in [-0.2, -0.15) is 0 Å². The van der Waals surface area contributed by atoms with Crippen molar-refractivity contribution in [1.29, 1.82) is 0 Å². The van der Waals surface area contributed by atoms with Gasteiger partial charge in [-0.3, -0.25) is 0 Å². The van der Waals surface area contributed by atoms with Crippen molar-refractivity contribution in [3.8, 4) is 0 Å². The fourth-order valence-corrected chi connectivity index (χ4v) is 0. The Bertz CT molecular complexity index is 13.5. The topological polar surface area (TPSA) is 0 Å². The molecule has 0 aliphatic carbocycles. The van der Waals surface area contributed by atoms with Gasteiger partial charge >= 0.3 is 128 Å². The number of hydrogen-bond donors (Lipinski definition) is 0. The van der Waals surface area contributed by atoms with Gasteiger partial charge in [-0.25, -0.2) is 0 Å². The molecule has 0 heterocycles. The summed E-state index contributed by atoms with van der Waals surface area (Å²) >= 11 is 0. The van der Waals surface area contributed by atoms with Gasteiger partial charge in [0.25, 0.3) is 0 Å². The van der Waals surface area contributed by atoms with Gasteiger partial charge in [0.1, 0.15) is 0 Å². The molecule has 0 rings (SSSR count). The molecule has 0 bridgehead atoms. The van der Waals surface area contributed by atoms with Gasteiger partial charge in [0, 0.05) is 0 Å². The first-order chi connectivity index (χ1) is 0. The monoisotopic (exact) mass is 230 g/mol. The molecule has 0 saturated heterocycles. The van der Waals surface area contributed by atoms with Crippen LogP contribution in [0.5, 0.6) is 0 Å². The quantitative estimate of drug-likeness (QED) is 0.363. The van der Waals surface area contributed by atoms with Gasteiger partial charge in [-0.1, -0.05) is 8.41 Å². The van der Waals surface area contributed by atoms with Crippen molar-refractivity contribution >= 4 is 8.41 Å². The van der Waals surface area contributed by atoms with Crippen LogP contribution < -0.4 is 140 Å². The van der Waals surface area contributed by atoms with Crippen LogP contribution in [0.15, 0.2) is 0 Å². The summed E-state index contributed by atoms with van der Waals surface area (Å²) in [5.74, 6) is 0. The van der Waals surface area contributed by atoms with Crippen molar-refractivity contribution in [3.05, 3.63) is 0 Å². The van der Waals surface area contributed by atoms with E-state index in [4.69, 9.17) is 0 Å². The maximum Gasteiger partial charge on any atom is 1.00 e. The van der Waals surface area contributed by atoms with Crippen LogP contribution in [0.25, 0.3) is 0 Å². The molecular formula is H5BClCsNa2. The van der Waals surface area contributed by atoms with E-state index >= 15 is 0 Å². The van der Waals surface area contributed by atoms with E-state index in [1.54, 1.807) is 0 Å². The second-order valence-corrected chi connectivity index (χ2v) is 0. The summed E-state index contributed by atoms with van der Waals surface area (Å²) in [7, 11) is 0. The van der Waals surface area contributed by atoms with E-state index in [-0.39, 0.29) is 150 Å². The molecule has 0 aliphatic rings. The van der Waals surface area contributed by atoms with Gasteiger partial charge < -0.3 is 13.8 Å². The van der Waals surface area contributed by atoms with Crippen LogP contribution in [-0.2, 0) is 0 Å². The summed E-state index contributed by atoms with van der Waals surface area (Å²) in [6.07, 6.45) is 0. The van der Waals surface area contributed by atoms with Gasteiger partial charge in [0.05, 0.1) is 0 Å². The van der Waals surface area contributed by atoms with E-state index in [9.17, 15) is 0 Å². The van der Waals surface area contributed by atoms with Crippen LogP contribution in [0.1, 0.15) is 1.43 Å². The molecule has 0 nitrogen and oxygen atoms in total. The van der Waals surface area contributed by atoms with Crippen molar-refractivity contribution in [2.24, 2.45) is 0 Å². The Morgan fingerprint density at radius 1 is 1.00 bits per heavy atom. The van der Waals surface area contributed by atoms with Crippen molar-refractivity contribution in [2.45, 2.75) is 0 Å². The minimum Gasteiger partial charge on any atom is -1.00 e. The standard InChI is InChI=1S/BH4.ClH.Cs.2Na.H/h1H4;1H;;;;/q-1;;3*+1;-1/p-1. The smallest absolute Gasteiger partial charge is 1.00 e. The first kappa shape index (κ1) is 34.2. The summed E-state index contributed by atoms with van der Waals surface area (Å²) in [6, 6.07) is 0. The molecule has 0 N–H and O–H groups in total. The summed E-state index contributed by atoms with van der Waals surface area (Å²) in [4.78, 5) is 0. The van der Waals surface area contributed by atoms with Crippen LogP contribution in [-0.4, -0.2) is 8.41 Å². The zero-order valence-corrected chi connectivity index (χ0v) is 14.4. The van der Waals surface area contributed by atoms with Crippen molar-refractivity contribution < 1.29 is 142 Å². The maximum absolute atomic E-state index is 0. The normalized spacial score (nSPS) is 0. The second kappa shape index (κ2) is 23.7. The van der Waals surface area contributed by atoms with Crippen LogP contribution in [0.4, 0.5) is 0 Å². The summed E-state index contributed by atoms with van der Waals surface area (Å²) < 4.78 is 0. The van der Waals surface area contributed by atoms with Crippen LogP contribution in [0.2, 0.25) is 0 Å². The van der Waals surface area contributed by atoms with E-state index in [0.717, 1.165) is 0 Å². The summed E-state index contributed by atoms with van der Waals surface area (Å²) in [6.45, 7) is 0. The molecule has 0 atom stereocenters. The van der Waals surface area contributed by atoms with Gasteiger partial charge in [0.2, 0.25) is 0 Å². The predicted octanol–water partition coefficient (Wildman–Crippen LogP) is -13.3. The van der Waals surface area contributed by atoms with Crippen molar-refractivity contribution in [2.75, 3.05) is 0 Å². The third-order valence-corrected chi connectivity index (χ3v) is 0.